The number of hydrogen-bond acceptors (Lipinski definition) is 2. The van der Waals surface area contributed by atoms with Gasteiger partial charge in [-0.3, -0.25) is 0 Å². The molecule has 0 saturated heterocycles. The Bertz CT molecular complexity index is 60.3. The van der Waals surface area contributed by atoms with E-state index in [4.69, 9.17) is 10.2 Å². The molecule has 0 unspecified atom stereocenters. The minimum Gasteiger partial charge on any atom is -0.368 e. The van der Waals surface area contributed by atoms with Crippen molar-refractivity contribution in [2.75, 3.05) is 0 Å². The third-order valence-corrected chi connectivity index (χ3v) is 0.816. The van der Waals surface area contributed by atoms with Gasteiger partial charge in [-0.2, -0.15) is 0 Å². The van der Waals surface area contributed by atoms with E-state index in [1.807, 2.05) is 13.8 Å². The first-order valence-electron chi connectivity index (χ1n) is 3.62. The SMILES string of the molecule is C=CC.CCCCC(O)O. The maximum absolute atomic E-state index is 8.24. The molecule has 0 atom stereocenters. The molecule has 0 aliphatic heterocycles. The highest BCUT2D eigenvalue weighted by Crippen LogP contribution is 1.95. The molecule has 2 N–H and O–H groups in total. The minimum absolute atomic E-state index is 0.510. The molecular formula is C8H18O2. The Kier molecular flexibility index (Phi) is 14.1. The van der Waals surface area contributed by atoms with E-state index in [0.717, 1.165) is 12.8 Å². The van der Waals surface area contributed by atoms with Crippen LogP contribution in [0.2, 0.25) is 0 Å². The molecule has 0 aromatic rings. The van der Waals surface area contributed by atoms with Crippen LogP contribution >= 0.6 is 0 Å². The molecule has 0 radical (unpaired) electrons. The normalized spacial score (nSPS) is 8.50. The summed E-state index contributed by atoms with van der Waals surface area (Å²) in [5.74, 6) is 0. The maximum atomic E-state index is 8.24. The van der Waals surface area contributed by atoms with Gasteiger partial charge in [-0.05, 0) is 19.8 Å². The largest absolute Gasteiger partial charge is 0.368 e. The maximum Gasteiger partial charge on any atom is 0.151 e. The first-order chi connectivity index (χ1) is 4.68. The fraction of sp³-hybridized carbons (Fsp3) is 0.750. The molecule has 2 nitrogen and oxygen atoms in total. The van der Waals surface area contributed by atoms with Gasteiger partial charge in [0.1, 0.15) is 0 Å². The molecule has 0 aliphatic carbocycles. The molecule has 0 aromatic carbocycles. The second-order valence-electron chi connectivity index (χ2n) is 2.03. The zero-order chi connectivity index (χ0) is 8.41. The lowest BCUT2D eigenvalue weighted by Crippen LogP contribution is -2.02. The molecule has 0 fully saturated rings. The number of hydrogen-bond donors (Lipinski definition) is 2. The second-order valence-corrected chi connectivity index (χ2v) is 2.03. The molecule has 0 spiro atoms. The summed E-state index contributed by atoms with van der Waals surface area (Å²) in [4.78, 5) is 0. The van der Waals surface area contributed by atoms with Crippen LogP contribution < -0.4 is 0 Å². The van der Waals surface area contributed by atoms with Gasteiger partial charge in [-0.1, -0.05) is 19.4 Å². The van der Waals surface area contributed by atoms with E-state index in [9.17, 15) is 0 Å². The van der Waals surface area contributed by atoms with Crippen LogP contribution in [0.3, 0.4) is 0 Å². The quantitative estimate of drug-likeness (QED) is 0.470. The van der Waals surface area contributed by atoms with Crippen LogP contribution in [0.4, 0.5) is 0 Å². The number of unbranched alkanes of at least 4 members (excludes halogenated alkanes) is 1. The summed E-state index contributed by atoms with van der Waals surface area (Å²) >= 11 is 0. The number of rotatable bonds is 3. The lowest BCUT2D eigenvalue weighted by atomic mass is 10.2. The van der Waals surface area contributed by atoms with Gasteiger partial charge in [0, 0.05) is 0 Å². The van der Waals surface area contributed by atoms with Crippen molar-refractivity contribution in [3.63, 3.8) is 0 Å². The zero-order valence-electron chi connectivity index (χ0n) is 6.88. The third kappa shape index (κ3) is 25.4. The molecule has 0 bridgehead atoms. The van der Waals surface area contributed by atoms with Crippen molar-refractivity contribution in [2.45, 2.75) is 39.4 Å². The topological polar surface area (TPSA) is 40.5 Å². The number of aliphatic hydroxyl groups is 2. The van der Waals surface area contributed by atoms with Crippen molar-refractivity contribution in [3.05, 3.63) is 12.7 Å². The van der Waals surface area contributed by atoms with Crippen LogP contribution in [0, 0.1) is 0 Å². The second kappa shape index (κ2) is 11.5. The molecule has 0 rings (SSSR count). The average molecular weight is 146 g/mol. The van der Waals surface area contributed by atoms with Crippen LogP contribution in [0.15, 0.2) is 12.7 Å². The third-order valence-electron chi connectivity index (χ3n) is 0.816. The first kappa shape index (κ1) is 12.3. The van der Waals surface area contributed by atoms with E-state index in [1.54, 1.807) is 6.08 Å². The van der Waals surface area contributed by atoms with E-state index in [0.29, 0.717) is 6.42 Å². The predicted octanol–water partition coefficient (Wildman–Crippen LogP) is 1.68. The standard InChI is InChI=1S/C5H12O2.C3H6/c1-2-3-4-5(6)7;1-3-2/h5-7H,2-4H2,1H3;3H,1H2,2H3. The minimum atomic E-state index is -1.10. The van der Waals surface area contributed by atoms with E-state index in [2.05, 4.69) is 6.58 Å². The van der Waals surface area contributed by atoms with Crippen LogP contribution in [-0.2, 0) is 0 Å². The summed E-state index contributed by atoms with van der Waals surface area (Å²) in [6.07, 6.45) is 3.09. The molecule has 0 saturated carbocycles. The van der Waals surface area contributed by atoms with E-state index < -0.39 is 6.29 Å². The van der Waals surface area contributed by atoms with E-state index in [1.165, 1.54) is 0 Å². The highest BCUT2D eigenvalue weighted by molar-refractivity contribution is 4.51. The van der Waals surface area contributed by atoms with Gasteiger partial charge in [0.05, 0.1) is 0 Å². The highest BCUT2D eigenvalue weighted by Gasteiger charge is 1.92. The zero-order valence-corrected chi connectivity index (χ0v) is 6.88. The van der Waals surface area contributed by atoms with Crippen molar-refractivity contribution >= 4 is 0 Å². The van der Waals surface area contributed by atoms with Crippen molar-refractivity contribution in [3.8, 4) is 0 Å². The first-order valence-corrected chi connectivity index (χ1v) is 3.62. The summed E-state index contributed by atoms with van der Waals surface area (Å²) in [6, 6.07) is 0. The highest BCUT2D eigenvalue weighted by atomic mass is 16.5. The lowest BCUT2D eigenvalue weighted by Gasteiger charge is -1.97. The number of allylic oxidation sites excluding steroid dienone is 1. The predicted molar refractivity (Wildman–Crippen MR) is 43.6 cm³/mol. The smallest absolute Gasteiger partial charge is 0.151 e. The van der Waals surface area contributed by atoms with Gasteiger partial charge in [0.15, 0.2) is 6.29 Å². The Balaban J connectivity index is 0. The lowest BCUT2D eigenvalue weighted by molar-refractivity contribution is -0.0463. The van der Waals surface area contributed by atoms with Crippen LogP contribution in [-0.4, -0.2) is 16.5 Å². The molecule has 0 aliphatic rings. The Morgan fingerprint density at radius 3 is 2.00 bits per heavy atom. The summed E-state index contributed by atoms with van der Waals surface area (Å²) in [5, 5.41) is 16.5. The van der Waals surface area contributed by atoms with Gasteiger partial charge in [-0.25, -0.2) is 0 Å². The van der Waals surface area contributed by atoms with Gasteiger partial charge < -0.3 is 10.2 Å². The Hall–Kier alpha value is -0.340. The summed E-state index contributed by atoms with van der Waals surface area (Å²) in [7, 11) is 0. The van der Waals surface area contributed by atoms with Crippen LogP contribution in [0.1, 0.15) is 33.1 Å². The molecule has 62 valence electrons. The molecule has 0 aromatic heterocycles. The molecule has 0 amide bonds. The van der Waals surface area contributed by atoms with Gasteiger partial charge in [-0.15, -0.1) is 6.58 Å². The van der Waals surface area contributed by atoms with Gasteiger partial charge in [0.2, 0.25) is 0 Å². The van der Waals surface area contributed by atoms with Crippen LogP contribution in [0.5, 0.6) is 0 Å². The van der Waals surface area contributed by atoms with Gasteiger partial charge >= 0.3 is 0 Å². The van der Waals surface area contributed by atoms with Crippen molar-refractivity contribution < 1.29 is 10.2 Å². The molecule has 10 heavy (non-hydrogen) atoms. The summed E-state index contributed by atoms with van der Waals surface area (Å²) in [6.45, 7) is 7.27. The van der Waals surface area contributed by atoms with Crippen molar-refractivity contribution in [1.29, 1.82) is 0 Å². The summed E-state index contributed by atoms with van der Waals surface area (Å²) in [5.41, 5.74) is 0. The van der Waals surface area contributed by atoms with Crippen molar-refractivity contribution in [2.24, 2.45) is 0 Å². The van der Waals surface area contributed by atoms with E-state index >= 15 is 0 Å². The molecular weight excluding hydrogens is 128 g/mol. The average Bonchev–Trinajstić information content (AvgIpc) is 1.85. The fourth-order valence-corrected chi connectivity index (χ4v) is 0.387. The summed E-state index contributed by atoms with van der Waals surface area (Å²) < 4.78 is 0. The van der Waals surface area contributed by atoms with Gasteiger partial charge in [0.25, 0.3) is 0 Å². The Morgan fingerprint density at radius 2 is 1.90 bits per heavy atom. The number of aliphatic hydroxyl groups excluding tert-OH is 1. The fourth-order valence-electron chi connectivity index (χ4n) is 0.387. The monoisotopic (exact) mass is 146 g/mol. The Labute approximate surface area is 63.2 Å². The van der Waals surface area contributed by atoms with Crippen molar-refractivity contribution in [1.82, 2.24) is 0 Å². The van der Waals surface area contributed by atoms with Crippen LogP contribution in [0.25, 0.3) is 0 Å². The molecule has 0 heterocycles. The Morgan fingerprint density at radius 1 is 1.50 bits per heavy atom. The van der Waals surface area contributed by atoms with E-state index in [-0.39, 0.29) is 0 Å². The molecule has 2 heteroatoms.